The molecule has 0 amide bonds. The lowest BCUT2D eigenvalue weighted by molar-refractivity contribution is 0.238. The number of rotatable bonds is 7. The van der Waals surface area contributed by atoms with Gasteiger partial charge < -0.3 is 5.73 Å². The van der Waals surface area contributed by atoms with Gasteiger partial charge in [0.05, 0.1) is 0 Å². The van der Waals surface area contributed by atoms with Gasteiger partial charge in [-0.3, -0.25) is 10.3 Å². The summed E-state index contributed by atoms with van der Waals surface area (Å²) in [7, 11) is 0. The summed E-state index contributed by atoms with van der Waals surface area (Å²) in [5.41, 5.74) is 7.63. The zero-order valence-electron chi connectivity index (χ0n) is 11.7. The first-order valence-electron chi connectivity index (χ1n) is 6.73. The molecule has 0 spiro atoms. The molecule has 0 bridgehead atoms. The predicted molar refractivity (Wildman–Crippen MR) is 77.9 cm³/mol. The Hall–Kier alpha value is -1.35. The first-order chi connectivity index (χ1) is 8.58. The Bertz CT molecular complexity index is 387. The molecule has 0 heterocycles. The third-order valence-electron chi connectivity index (χ3n) is 3.42. The molecule has 0 aliphatic heterocycles. The Morgan fingerprint density at radius 1 is 1.33 bits per heavy atom. The van der Waals surface area contributed by atoms with Gasteiger partial charge in [0.1, 0.15) is 5.84 Å². The predicted octanol–water partition coefficient (Wildman–Crippen LogP) is 2.84. The van der Waals surface area contributed by atoms with Crippen molar-refractivity contribution in [3.8, 4) is 0 Å². The number of nitrogens with one attached hydrogen (secondary N) is 1. The molecule has 1 atom stereocenters. The molecule has 100 valence electrons. The van der Waals surface area contributed by atoms with Gasteiger partial charge in [-0.2, -0.15) is 0 Å². The Morgan fingerprint density at radius 3 is 2.56 bits per heavy atom. The van der Waals surface area contributed by atoms with Crippen LogP contribution in [0, 0.1) is 11.3 Å². The third-order valence-corrected chi connectivity index (χ3v) is 3.42. The van der Waals surface area contributed by atoms with Gasteiger partial charge in [0.15, 0.2) is 0 Å². The molecule has 0 saturated heterocycles. The van der Waals surface area contributed by atoms with Crippen molar-refractivity contribution in [2.24, 2.45) is 11.7 Å². The third kappa shape index (κ3) is 4.15. The zero-order chi connectivity index (χ0) is 13.5. The second kappa shape index (κ2) is 7.17. The molecule has 0 aliphatic rings. The maximum atomic E-state index is 7.61. The van der Waals surface area contributed by atoms with E-state index >= 15 is 0 Å². The first kappa shape index (κ1) is 14.7. The molecular weight excluding hydrogens is 222 g/mol. The summed E-state index contributed by atoms with van der Waals surface area (Å²) in [5, 5.41) is 7.61. The minimum atomic E-state index is 0.158. The second-order valence-corrected chi connectivity index (χ2v) is 4.91. The fourth-order valence-corrected chi connectivity index (χ4v) is 2.04. The Morgan fingerprint density at radius 2 is 2.00 bits per heavy atom. The van der Waals surface area contributed by atoms with E-state index in [1.807, 2.05) is 18.2 Å². The van der Waals surface area contributed by atoms with Gasteiger partial charge >= 0.3 is 0 Å². The average molecular weight is 247 g/mol. The van der Waals surface area contributed by atoms with Crippen LogP contribution < -0.4 is 5.73 Å². The molecule has 0 saturated carbocycles. The molecule has 1 rings (SSSR count). The largest absolute Gasteiger partial charge is 0.384 e. The normalized spacial score (nSPS) is 12.7. The van der Waals surface area contributed by atoms with Gasteiger partial charge in [0.25, 0.3) is 0 Å². The summed E-state index contributed by atoms with van der Waals surface area (Å²) in [6, 6.07) is 7.94. The zero-order valence-corrected chi connectivity index (χ0v) is 11.7. The molecule has 3 nitrogen and oxygen atoms in total. The lowest BCUT2D eigenvalue weighted by Crippen LogP contribution is -2.29. The average Bonchev–Trinajstić information content (AvgIpc) is 2.38. The highest BCUT2D eigenvalue weighted by atomic mass is 15.1. The van der Waals surface area contributed by atoms with Gasteiger partial charge in [-0.25, -0.2) is 0 Å². The van der Waals surface area contributed by atoms with E-state index in [1.165, 1.54) is 6.42 Å². The van der Waals surface area contributed by atoms with Crippen molar-refractivity contribution in [3.05, 3.63) is 35.4 Å². The van der Waals surface area contributed by atoms with Crippen LogP contribution >= 0.6 is 0 Å². The molecule has 0 radical (unpaired) electrons. The van der Waals surface area contributed by atoms with Gasteiger partial charge in [0.2, 0.25) is 0 Å². The van der Waals surface area contributed by atoms with E-state index in [4.69, 9.17) is 11.1 Å². The molecular formula is C15H25N3. The standard InChI is InChI=1S/C15H25N3/c1-4-12(3)10-18(5-2)11-13-8-6-7-9-14(13)15(16)17/h6-9,12H,4-5,10-11H2,1-3H3,(H3,16,17). The van der Waals surface area contributed by atoms with Crippen LogP contribution in [0.5, 0.6) is 0 Å². The maximum absolute atomic E-state index is 7.61. The van der Waals surface area contributed by atoms with Crippen LogP contribution in [0.2, 0.25) is 0 Å². The highest BCUT2D eigenvalue weighted by molar-refractivity contribution is 5.96. The van der Waals surface area contributed by atoms with Crippen LogP contribution in [0.25, 0.3) is 0 Å². The van der Waals surface area contributed by atoms with E-state index in [0.29, 0.717) is 5.92 Å². The quantitative estimate of drug-likeness (QED) is 0.575. The molecule has 0 aromatic heterocycles. The van der Waals surface area contributed by atoms with Crippen LogP contribution in [0.4, 0.5) is 0 Å². The number of hydrogen-bond donors (Lipinski definition) is 2. The highest BCUT2D eigenvalue weighted by Crippen LogP contribution is 2.13. The van der Waals surface area contributed by atoms with Crippen molar-refractivity contribution in [3.63, 3.8) is 0 Å². The molecule has 1 unspecified atom stereocenters. The second-order valence-electron chi connectivity index (χ2n) is 4.91. The monoisotopic (exact) mass is 247 g/mol. The fraction of sp³-hybridized carbons (Fsp3) is 0.533. The van der Waals surface area contributed by atoms with Crippen LogP contribution in [-0.4, -0.2) is 23.8 Å². The molecule has 1 aromatic rings. The van der Waals surface area contributed by atoms with Crippen LogP contribution in [0.1, 0.15) is 38.3 Å². The minimum absolute atomic E-state index is 0.158. The summed E-state index contributed by atoms with van der Waals surface area (Å²) < 4.78 is 0. The van der Waals surface area contributed by atoms with Crippen LogP contribution in [0.3, 0.4) is 0 Å². The summed E-state index contributed by atoms with van der Waals surface area (Å²) in [5.74, 6) is 0.861. The first-order valence-corrected chi connectivity index (χ1v) is 6.73. The Balaban J connectivity index is 2.78. The molecule has 18 heavy (non-hydrogen) atoms. The lowest BCUT2D eigenvalue weighted by Gasteiger charge is -2.24. The smallest absolute Gasteiger partial charge is 0.123 e. The van der Waals surface area contributed by atoms with Crippen LogP contribution in [0.15, 0.2) is 24.3 Å². The van der Waals surface area contributed by atoms with Crippen molar-refractivity contribution in [1.82, 2.24) is 4.90 Å². The number of benzene rings is 1. The molecule has 0 aliphatic carbocycles. The number of hydrogen-bond acceptors (Lipinski definition) is 2. The number of nitrogens with two attached hydrogens (primary N) is 1. The van der Waals surface area contributed by atoms with Crippen molar-refractivity contribution in [2.45, 2.75) is 33.7 Å². The maximum Gasteiger partial charge on any atom is 0.123 e. The summed E-state index contributed by atoms with van der Waals surface area (Å²) in [6.45, 7) is 9.67. The summed E-state index contributed by atoms with van der Waals surface area (Å²) >= 11 is 0. The van der Waals surface area contributed by atoms with E-state index < -0.39 is 0 Å². The van der Waals surface area contributed by atoms with Crippen molar-refractivity contribution in [2.75, 3.05) is 13.1 Å². The number of nitrogens with zero attached hydrogens (tertiary/aromatic N) is 1. The van der Waals surface area contributed by atoms with Crippen LogP contribution in [-0.2, 0) is 6.54 Å². The van der Waals surface area contributed by atoms with Crippen molar-refractivity contribution in [1.29, 1.82) is 5.41 Å². The molecule has 3 heteroatoms. The molecule has 3 N–H and O–H groups in total. The fourth-order valence-electron chi connectivity index (χ4n) is 2.04. The molecule has 0 fully saturated rings. The van der Waals surface area contributed by atoms with E-state index in [-0.39, 0.29) is 5.84 Å². The van der Waals surface area contributed by atoms with Gasteiger partial charge in [-0.1, -0.05) is 51.5 Å². The minimum Gasteiger partial charge on any atom is -0.384 e. The lowest BCUT2D eigenvalue weighted by atomic mass is 10.0. The van der Waals surface area contributed by atoms with Gasteiger partial charge in [-0.05, 0) is 18.0 Å². The van der Waals surface area contributed by atoms with Crippen molar-refractivity contribution < 1.29 is 0 Å². The Kier molecular flexibility index (Phi) is 5.86. The molecule has 1 aromatic carbocycles. The van der Waals surface area contributed by atoms with E-state index in [9.17, 15) is 0 Å². The van der Waals surface area contributed by atoms with Gasteiger partial charge in [0, 0.05) is 18.7 Å². The van der Waals surface area contributed by atoms with E-state index in [2.05, 4.69) is 31.7 Å². The van der Waals surface area contributed by atoms with E-state index in [0.717, 1.165) is 30.8 Å². The number of nitrogen functional groups attached to an aromatic ring is 1. The SMILES string of the molecule is CCC(C)CN(CC)Cc1ccccc1C(=N)N. The Labute approximate surface area is 111 Å². The number of amidine groups is 1. The van der Waals surface area contributed by atoms with Crippen molar-refractivity contribution >= 4 is 5.84 Å². The van der Waals surface area contributed by atoms with E-state index in [1.54, 1.807) is 0 Å². The summed E-state index contributed by atoms with van der Waals surface area (Å²) in [6.07, 6.45) is 1.20. The summed E-state index contributed by atoms with van der Waals surface area (Å²) in [4.78, 5) is 2.41. The topological polar surface area (TPSA) is 53.1 Å². The van der Waals surface area contributed by atoms with Gasteiger partial charge in [-0.15, -0.1) is 0 Å². The highest BCUT2D eigenvalue weighted by Gasteiger charge is 2.11.